The van der Waals surface area contributed by atoms with Gasteiger partial charge in [-0.15, -0.1) is 6.58 Å². The molecule has 16 aliphatic rings. The molecule has 50 nitrogen and oxygen atoms in total. The minimum Gasteiger partial charge on any atom is -0.447 e. The van der Waals surface area contributed by atoms with Crippen molar-refractivity contribution in [2.24, 2.45) is 21.7 Å². The minimum atomic E-state index is -1.80. The van der Waals surface area contributed by atoms with Crippen LogP contribution >= 0.6 is 0 Å². The zero-order chi connectivity index (χ0) is 103. The van der Waals surface area contributed by atoms with Gasteiger partial charge in [-0.3, -0.25) is 95.6 Å². The fraction of sp³-hybridized carbons (Fsp3) is 0.489. The summed E-state index contributed by atoms with van der Waals surface area (Å²) in [6, 6.07) is -1.75. The van der Waals surface area contributed by atoms with E-state index in [2.05, 4.69) is 69.7 Å². The summed E-state index contributed by atoms with van der Waals surface area (Å²) in [5, 5.41) is 43.0. The first-order valence-corrected chi connectivity index (χ1v) is 46.1. The largest absolute Gasteiger partial charge is 0.447 e. The van der Waals surface area contributed by atoms with Gasteiger partial charge in [-0.1, -0.05) is 26.7 Å². The average molecular weight is 2030 g/mol. The van der Waals surface area contributed by atoms with E-state index in [0.717, 1.165) is 9.80 Å². The summed E-state index contributed by atoms with van der Waals surface area (Å²) in [5.74, 6) is -9.42. The molecule has 4 aromatic carbocycles. The number of nitrogens with zero attached hydrogens (tertiary/aromatic N) is 12. The number of fused-ring (bicyclic) bond motifs is 20. The van der Waals surface area contributed by atoms with Gasteiger partial charge in [0.2, 0.25) is 69.6 Å². The maximum absolute atomic E-state index is 16.2. The number of urea groups is 4. The molecule has 55 heteroatoms. The number of cyclic esters (lactones) is 4. The number of hydrogen-bond acceptors (Lipinski definition) is 38. The predicted molar refractivity (Wildman–Crippen MR) is 477 cm³/mol. The first-order valence-electron chi connectivity index (χ1n) is 46.1. The van der Waals surface area contributed by atoms with Gasteiger partial charge in [0, 0.05) is 59.0 Å². The first-order chi connectivity index (χ1) is 69.1. The predicted octanol–water partition coefficient (Wildman–Crippen LogP) is 3.53. The number of rotatable bonds is 9. The van der Waals surface area contributed by atoms with E-state index >= 15 is 17.6 Å². The highest BCUT2D eigenvalue weighted by molar-refractivity contribution is 6.24. The zero-order valence-electron chi connectivity index (χ0n) is 78.0. The second kappa shape index (κ2) is 34.7. The van der Waals surface area contributed by atoms with E-state index in [1.54, 1.807) is 87.1 Å². The number of aromatic nitrogens is 4. The molecule has 4 spiro atoms. The van der Waals surface area contributed by atoms with E-state index in [9.17, 15) is 86.2 Å². The maximum Gasteiger partial charge on any atom is 0.416 e. The molecule has 764 valence electrons. The van der Waals surface area contributed by atoms with Crippen molar-refractivity contribution < 1.29 is 164 Å². The third kappa shape index (κ3) is 14.4. The number of barbiturate groups is 4. The number of alkyl halides is 1. The molecule has 145 heavy (non-hydrogen) atoms. The lowest BCUT2D eigenvalue weighted by atomic mass is 9.66. The van der Waals surface area contributed by atoms with Crippen LogP contribution in [0.15, 0.2) is 55.0 Å². The van der Waals surface area contributed by atoms with Gasteiger partial charge in [-0.05, 0) is 102 Å². The van der Waals surface area contributed by atoms with Crippen molar-refractivity contribution in [2.75, 3.05) is 119 Å². The molecule has 16 atom stereocenters. The molecule has 0 bridgehead atoms. The summed E-state index contributed by atoms with van der Waals surface area (Å²) in [4.78, 5) is 214. The number of aliphatic hydroxyl groups excluding tert-OH is 1. The Morgan fingerprint density at radius 3 is 0.917 bits per heavy atom. The van der Waals surface area contributed by atoms with Gasteiger partial charge in [0.25, 0.3) is 0 Å². The fourth-order valence-electron chi connectivity index (χ4n) is 23.9. The number of carbonyl (C=O) groups is 16. The van der Waals surface area contributed by atoms with Gasteiger partial charge >= 0.3 is 48.5 Å². The summed E-state index contributed by atoms with van der Waals surface area (Å²) < 4.78 is 148. The number of morpholine rings is 4. The fourth-order valence-corrected chi connectivity index (χ4v) is 23.9. The summed E-state index contributed by atoms with van der Waals surface area (Å²) in [6.07, 6.45) is -8.83. The molecule has 12 fully saturated rings. The maximum atomic E-state index is 16.2. The third-order valence-electron chi connectivity index (χ3n) is 29.3. The Labute approximate surface area is 811 Å². The Hall–Kier alpha value is -15.4. The number of halogens is 5. The number of imide groups is 8. The average Bonchev–Trinajstić information content (AvgIpc) is 1.69. The second-order valence-electron chi connectivity index (χ2n) is 38.3. The smallest absolute Gasteiger partial charge is 0.416 e. The van der Waals surface area contributed by atoms with Crippen LogP contribution in [0.25, 0.3) is 43.9 Å². The molecule has 0 saturated carbocycles. The van der Waals surface area contributed by atoms with Gasteiger partial charge in [0.1, 0.15) is 31.6 Å². The van der Waals surface area contributed by atoms with Gasteiger partial charge < -0.3 is 85.4 Å². The van der Waals surface area contributed by atoms with E-state index in [4.69, 9.17) is 60.7 Å². The lowest BCUT2D eigenvalue weighted by molar-refractivity contribution is -0.154. The SMILES string of the molecule is C=C[C@H]1COC(=O)N1c1noc2c(F)c3c(cc12)CC1(C(=O)NC(=O)NC1=O)[C@H]1[C@H](C)O[C@H](C)CN31.COC[C@H]1CN(c2noc3c(F)c4c(cc23)CC2(C(=O)NC(=O)NC2=O)[C@H]2[C@H](C)O[C@H](C)CN42)C(=O)O1.C[C@@H]1CN2c3c(cc4c(N5C[C@H](CF)OC5=O)noc4c3F)CC3(C(=O)NC(=O)NC3=O)[C@H]2[C@H](C)O1.C[C@@H]1CN2c3c(cc4c(N5C[C@H](CO)OC5=O)noc4c3F)CC3(C(=O)NC(=O)NC3=O)[C@H]2[C@H](C)O1. The Kier molecular flexibility index (Phi) is 22.9. The molecular formula is C90H89F5N20O30. The van der Waals surface area contributed by atoms with Crippen LogP contribution in [0.1, 0.15) is 77.6 Å². The number of hydrogen-bond donors (Lipinski definition) is 9. The standard InChI is InChI=1S/C23H24FN5O8.C23H22FN5O7.C22H21F2N5O7.C22H22FN5O8/c1-9-6-28-15-11(5-23(17(28)10(2)35-9)19(30)25-21(32)26-20(23)31)4-13-16(14(15)24)37-27-18(13)29-7-12(8-34-3)36-22(29)33;1-4-12-8-34-22(33)29(12)18-13-5-11-6-23(19(30)25-21(32)26-20(23)31)17-10(3)35-9(2)7-28(17)15(11)14(24)16(13)36-27-18;1-8-6-28-14-10(4-22(16(28)9(2)34-8)18(30)25-20(32)26-19(22)31)3-12-15(13(14)24)36-27-17(12)29-7-11(5-23)35-21(29)33;1-8-5-27-14-10(4-22(16(27)9(2)34-8)18(30)24-20(32)25-19(22)31)3-12-15(13(14)23)36-26-17(12)28-6-11(7-29)35-21(28)33/h4,9-10,12,17H,5-8H2,1-3H3,(H2,25,26,30,31,32);4-5,9-10,12,17H,1,6-8H2,2-3H3,(H2,25,26,30,31,32);3,8-9,11,16H,4-7H2,1-2H3,(H2,25,26,30,31,32);3,8-9,11,16,29H,4-7H2,1-2H3,(H2,24,25,30,31,32)/t9-,10+,12-,17-;9-,10+,12+,17-;8-,9+,11+,16-;8-,9+,11-,16-/m1111/s1. The summed E-state index contributed by atoms with van der Waals surface area (Å²) >= 11 is 0. The zero-order valence-corrected chi connectivity index (χ0v) is 78.0. The second-order valence-corrected chi connectivity index (χ2v) is 38.3. The molecule has 12 saturated heterocycles. The monoisotopic (exact) mass is 2020 g/mol. The van der Waals surface area contributed by atoms with Gasteiger partial charge in [-0.25, -0.2) is 65.2 Å². The van der Waals surface area contributed by atoms with Crippen molar-refractivity contribution in [3.8, 4) is 0 Å². The third-order valence-corrected chi connectivity index (χ3v) is 29.3. The summed E-state index contributed by atoms with van der Waals surface area (Å²) in [7, 11) is 1.48. The highest BCUT2D eigenvalue weighted by Crippen LogP contribution is 2.57. The number of benzene rings is 4. The van der Waals surface area contributed by atoms with Crippen LogP contribution in [0, 0.1) is 44.9 Å². The Bertz CT molecular complexity index is 6770. The number of methoxy groups -OCH3 is 1. The van der Waals surface area contributed by atoms with Crippen molar-refractivity contribution in [2.45, 2.75) is 178 Å². The molecular weight excluding hydrogens is 1940 g/mol. The van der Waals surface area contributed by atoms with Gasteiger partial charge in [-0.2, -0.15) is 0 Å². The molecule has 20 amide bonds. The van der Waals surface area contributed by atoms with Crippen molar-refractivity contribution in [3.63, 3.8) is 0 Å². The number of carbonyl (C=O) groups excluding carboxylic acids is 16. The van der Waals surface area contributed by atoms with Gasteiger partial charge in [0.05, 0.1) is 156 Å². The number of aliphatic hydroxyl groups is 1. The normalized spacial score (nSPS) is 29.1. The molecule has 20 heterocycles. The number of ether oxygens (including phenoxy) is 9. The van der Waals surface area contributed by atoms with E-state index < -0.39 is 227 Å². The molecule has 4 aromatic heterocycles. The van der Waals surface area contributed by atoms with Crippen LogP contribution in [-0.2, 0) is 107 Å². The van der Waals surface area contributed by atoms with Crippen LogP contribution in [-0.4, -0.2) is 298 Å². The van der Waals surface area contributed by atoms with Crippen molar-refractivity contribution in [1.29, 1.82) is 0 Å². The van der Waals surface area contributed by atoms with Crippen LogP contribution in [0.5, 0.6) is 0 Å². The Morgan fingerprint density at radius 1 is 0.393 bits per heavy atom. The van der Waals surface area contributed by atoms with Crippen molar-refractivity contribution in [3.05, 3.63) is 82.4 Å². The highest BCUT2D eigenvalue weighted by Gasteiger charge is 2.69. The van der Waals surface area contributed by atoms with Gasteiger partial charge in [0.15, 0.2) is 68.2 Å². The minimum absolute atomic E-state index is 0.0136. The molecule has 0 aliphatic carbocycles. The first kappa shape index (κ1) is 95.8. The molecule has 24 rings (SSSR count). The quantitative estimate of drug-likeness (QED) is 0.0432. The van der Waals surface area contributed by atoms with E-state index in [-0.39, 0.29) is 205 Å². The lowest BCUT2D eigenvalue weighted by Gasteiger charge is -2.55. The van der Waals surface area contributed by atoms with Crippen LogP contribution in [0.4, 0.5) is 106 Å². The van der Waals surface area contributed by atoms with E-state index in [0.29, 0.717) is 16.7 Å². The molecule has 16 aliphatic heterocycles. The van der Waals surface area contributed by atoms with Crippen molar-refractivity contribution >= 4 is 186 Å². The number of amides is 20. The highest BCUT2D eigenvalue weighted by atomic mass is 19.1. The number of nitrogens with one attached hydrogen (secondary N) is 8. The molecule has 8 aromatic rings. The topological polar surface area (TPSA) is 603 Å². The lowest BCUT2D eigenvalue weighted by Crippen LogP contribution is -2.75. The summed E-state index contributed by atoms with van der Waals surface area (Å²) in [6.45, 7) is 17.2. The molecule has 9 N–H and O–H groups in total. The molecule has 0 radical (unpaired) electrons. The van der Waals surface area contributed by atoms with Crippen molar-refractivity contribution in [1.82, 2.24) is 63.2 Å². The van der Waals surface area contributed by atoms with E-state index in [1.807, 2.05) is 0 Å². The number of anilines is 8. The Morgan fingerprint density at radius 2 is 0.655 bits per heavy atom. The molecule has 0 unspecified atom stereocenters. The van der Waals surface area contributed by atoms with E-state index in [1.165, 1.54) is 35.1 Å². The van der Waals surface area contributed by atoms with Crippen LogP contribution in [0.2, 0.25) is 0 Å². The Balaban J connectivity index is 0.000000114. The summed E-state index contributed by atoms with van der Waals surface area (Å²) in [5.41, 5.74) is -6.14. The van der Waals surface area contributed by atoms with Crippen LogP contribution < -0.4 is 81.7 Å². The van der Waals surface area contributed by atoms with Crippen LogP contribution in [0.3, 0.4) is 0 Å².